The Hall–Kier alpha value is -2.62. The van der Waals surface area contributed by atoms with E-state index in [9.17, 15) is 0 Å². The number of ether oxygens (including phenoxy) is 4. The molecule has 0 saturated carbocycles. The fourth-order valence-electron chi connectivity index (χ4n) is 2.87. The third kappa shape index (κ3) is 2.72. The monoisotopic (exact) mass is 312 g/mol. The van der Waals surface area contributed by atoms with E-state index >= 15 is 0 Å². The molecule has 0 aromatic heterocycles. The van der Waals surface area contributed by atoms with Gasteiger partial charge >= 0.3 is 0 Å². The van der Waals surface area contributed by atoms with Gasteiger partial charge in [-0.2, -0.15) is 0 Å². The van der Waals surface area contributed by atoms with Crippen LogP contribution in [-0.2, 0) is 6.42 Å². The van der Waals surface area contributed by atoms with Crippen molar-refractivity contribution in [2.45, 2.75) is 6.42 Å². The fourth-order valence-corrected chi connectivity index (χ4v) is 2.87. The van der Waals surface area contributed by atoms with Gasteiger partial charge in [0.1, 0.15) is 0 Å². The van der Waals surface area contributed by atoms with E-state index in [4.69, 9.17) is 18.9 Å². The lowest BCUT2D eigenvalue weighted by Gasteiger charge is -2.14. The molecule has 23 heavy (non-hydrogen) atoms. The van der Waals surface area contributed by atoms with Crippen LogP contribution in [0.3, 0.4) is 0 Å². The van der Waals surface area contributed by atoms with Gasteiger partial charge in [-0.3, -0.25) is 0 Å². The van der Waals surface area contributed by atoms with Crippen LogP contribution in [0.1, 0.15) is 22.3 Å². The number of methoxy groups -OCH3 is 4. The number of hydrogen-bond donors (Lipinski definition) is 0. The lowest BCUT2D eigenvalue weighted by molar-refractivity contribution is 0.354. The van der Waals surface area contributed by atoms with Gasteiger partial charge in [0.05, 0.1) is 28.4 Å². The molecule has 1 aliphatic rings. The second kappa shape index (κ2) is 6.24. The average molecular weight is 312 g/mol. The van der Waals surface area contributed by atoms with Gasteiger partial charge in [-0.05, 0) is 52.9 Å². The molecule has 3 rings (SSSR count). The Labute approximate surface area is 136 Å². The lowest BCUT2D eigenvalue weighted by Crippen LogP contribution is -1.98. The van der Waals surface area contributed by atoms with Crippen molar-refractivity contribution in [3.05, 3.63) is 46.5 Å². The smallest absolute Gasteiger partial charge is 0.161 e. The topological polar surface area (TPSA) is 36.9 Å². The van der Waals surface area contributed by atoms with Gasteiger partial charge in [-0.25, -0.2) is 0 Å². The van der Waals surface area contributed by atoms with Gasteiger partial charge < -0.3 is 18.9 Å². The van der Waals surface area contributed by atoms with E-state index in [1.54, 1.807) is 28.4 Å². The predicted octanol–water partition coefficient (Wildman–Crippen LogP) is 3.80. The predicted molar refractivity (Wildman–Crippen MR) is 90.8 cm³/mol. The highest BCUT2D eigenvalue weighted by atomic mass is 16.5. The summed E-state index contributed by atoms with van der Waals surface area (Å²) >= 11 is 0. The first-order valence-corrected chi connectivity index (χ1v) is 7.38. The minimum atomic E-state index is 0.733. The van der Waals surface area contributed by atoms with E-state index in [0.717, 1.165) is 40.5 Å². The molecule has 2 aromatic rings. The Morgan fingerprint density at radius 1 is 0.565 bits per heavy atom. The zero-order valence-corrected chi connectivity index (χ0v) is 13.8. The maximum absolute atomic E-state index is 5.42. The Bertz CT molecular complexity index is 699. The minimum Gasteiger partial charge on any atom is -0.493 e. The van der Waals surface area contributed by atoms with E-state index in [1.165, 1.54) is 11.1 Å². The fraction of sp³-hybridized carbons (Fsp3) is 0.263. The molecule has 1 aliphatic carbocycles. The summed E-state index contributed by atoms with van der Waals surface area (Å²) in [5.41, 5.74) is 4.61. The van der Waals surface area contributed by atoms with Crippen molar-refractivity contribution in [2.75, 3.05) is 28.4 Å². The number of fused-ring (bicyclic) bond motifs is 2. The lowest BCUT2D eigenvalue weighted by atomic mass is 9.98. The summed E-state index contributed by atoms with van der Waals surface area (Å²) in [7, 11) is 6.60. The third-order valence-electron chi connectivity index (χ3n) is 4.11. The van der Waals surface area contributed by atoms with Gasteiger partial charge in [-0.1, -0.05) is 12.2 Å². The van der Waals surface area contributed by atoms with Gasteiger partial charge in [0.15, 0.2) is 23.0 Å². The quantitative estimate of drug-likeness (QED) is 0.734. The standard InChI is InChI=1S/C19H20O4/c1-20-16-8-12-5-6-13-9-17(21-2)19(23-4)11-15(13)7-14(12)10-18(16)22-3/h5-6,8-11H,7H2,1-4H3. The zero-order valence-electron chi connectivity index (χ0n) is 13.8. The van der Waals surface area contributed by atoms with Crippen LogP contribution >= 0.6 is 0 Å². The molecule has 2 aromatic carbocycles. The minimum absolute atomic E-state index is 0.733. The Kier molecular flexibility index (Phi) is 4.15. The number of hydrogen-bond acceptors (Lipinski definition) is 4. The van der Waals surface area contributed by atoms with Crippen molar-refractivity contribution >= 4 is 12.2 Å². The average Bonchev–Trinajstić information content (AvgIpc) is 2.77. The van der Waals surface area contributed by atoms with E-state index in [-0.39, 0.29) is 0 Å². The molecule has 0 aliphatic heterocycles. The number of benzene rings is 2. The highest BCUT2D eigenvalue weighted by molar-refractivity contribution is 5.78. The summed E-state index contributed by atoms with van der Waals surface area (Å²) in [6, 6.07) is 8.07. The molecule has 0 amide bonds. The zero-order chi connectivity index (χ0) is 16.4. The van der Waals surface area contributed by atoms with Crippen LogP contribution in [0.25, 0.3) is 12.2 Å². The first-order valence-electron chi connectivity index (χ1n) is 7.38. The highest BCUT2D eigenvalue weighted by Gasteiger charge is 2.16. The summed E-state index contributed by atoms with van der Waals surface area (Å²) in [5, 5.41) is 0. The van der Waals surface area contributed by atoms with Crippen molar-refractivity contribution in [3.8, 4) is 23.0 Å². The van der Waals surface area contributed by atoms with Crippen molar-refractivity contribution < 1.29 is 18.9 Å². The summed E-state index contributed by atoms with van der Waals surface area (Å²) in [5.74, 6) is 2.95. The summed E-state index contributed by atoms with van der Waals surface area (Å²) in [6.07, 6.45) is 4.97. The maximum Gasteiger partial charge on any atom is 0.161 e. The summed E-state index contributed by atoms with van der Waals surface area (Å²) < 4.78 is 21.6. The van der Waals surface area contributed by atoms with E-state index in [1.807, 2.05) is 24.3 Å². The van der Waals surface area contributed by atoms with E-state index in [2.05, 4.69) is 12.2 Å². The molecular formula is C19H20O4. The molecule has 0 bridgehead atoms. The SMILES string of the molecule is COc1cc2c(cc1OC)Cc1cc(OC)c(OC)cc1C=C2. The highest BCUT2D eigenvalue weighted by Crippen LogP contribution is 2.38. The molecule has 0 spiro atoms. The maximum atomic E-state index is 5.42. The molecule has 0 N–H and O–H groups in total. The van der Waals surface area contributed by atoms with Gasteiger partial charge in [0.2, 0.25) is 0 Å². The van der Waals surface area contributed by atoms with Crippen molar-refractivity contribution in [3.63, 3.8) is 0 Å². The van der Waals surface area contributed by atoms with Crippen molar-refractivity contribution in [1.82, 2.24) is 0 Å². The van der Waals surface area contributed by atoms with Gasteiger partial charge in [0, 0.05) is 0 Å². The molecule has 0 saturated heterocycles. The Morgan fingerprint density at radius 2 is 0.913 bits per heavy atom. The van der Waals surface area contributed by atoms with Crippen LogP contribution in [0.15, 0.2) is 24.3 Å². The molecule has 0 fully saturated rings. The summed E-state index contributed by atoms with van der Waals surface area (Å²) in [4.78, 5) is 0. The first kappa shape index (κ1) is 15.3. The van der Waals surface area contributed by atoms with E-state index < -0.39 is 0 Å². The van der Waals surface area contributed by atoms with Gasteiger partial charge in [-0.15, -0.1) is 0 Å². The normalized spacial score (nSPS) is 12.0. The molecular weight excluding hydrogens is 292 g/mol. The van der Waals surface area contributed by atoms with Crippen molar-refractivity contribution in [1.29, 1.82) is 0 Å². The molecule has 4 heteroatoms. The Balaban J connectivity index is 2.12. The van der Waals surface area contributed by atoms with Crippen molar-refractivity contribution in [2.24, 2.45) is 0 Å². The van der Waals surface area contributed by atoms with Gasteiger partial charge in [0.25, 0.3) is 0 Å². The second-order valence-corrected chi connectivity index (χ2v) is 5.32. The summed E-state index contributed by atoms with van der Waals surface area (Å²) in [6.45, 7) is 0. The largest absolute Gasteiger partial charge is 0.493 e. The van der Waals surface area contributed by atoms with Crippen LogP contribution in [0.4, 0.5) is 0 Å². The Morgan fingerprint density at radius 3 is 1.26 bits per heavy atom. The molecule has 120 valence electrons. The number of rotatable bonds is 4. The third-order valence-corrected chi connectivity index (χ3v) is 4.11. The van der Waals surface area contributed by atoms with Crippen LogP contribution in [0.5, 0.6) is 23.0 Å². The molecule has 0 radical (unpaired) electrons. The van der Waals surface area contributed by atoms with Crippen LogP contribution in [0.2, 0.25) is 0 Å². The molecule has 4 nitrogen and oxygen atoms in total. The first-order chi connectivity index (χ1) is 11.2. The van der Waals surface area contributed by atoms with Crippen LogP contribution in [0, 0.1) is 0 Å². The van der Waals surface area contributed by atoms with Crippen LogP contribution in [-0.4, -0.2) is 28.4 Å². The van der Waals surface area contributed by atoms with E-state index in [0.29, 0.717) is 0 Å². The molecule has 0 unspecified atom stereocenters. The second-order valence-electron chi connectivity index (χ2n) is 5.32. The molecule has 0 heterocycles. The molecule has 0 atom stereocenters. The van der Waals surface area contributed by atoms with Crippen LogP contribution < -0.4 is 18.9 Å².